The summed E-state index contributed by atoms with van der Waals surface area (Å²) in [7, 11) is 1.62. The first-order valence-electron chi connectivity index (χ1n) is 10.0. The third-order valence-electron chi connectivity index (χ3n) is 6.22. The van der Waals surface area contributed by atoms with Gasteiger partial charge in [0.1, 0.15) is 5.75 Å². The summed E-state index contributed by atoms with van der Waals surface area (Å²) in [6.45, 7) is 2.89. The zero-order chi connectivity index (χ0) is 20.9. The standard InChI is InChI=1S/C25H22N2O3/c1-17-7-3-4-8-20(17)23(28)26-15-16-27-24(29)21-9-5-6-10-22(21)25(26,27)18-11-13-19(30-2)14-12-18/h3-14H,15-16H2,1-2H3. The molecule has 2 aliphatic heterocycles. The van der Waals surface area contributed by atoms with E-state index in [-0.39, 0.29) is 11.8 Å². The third-order valence-corrected chi connectivity index (χ3v) is 6.22. The molecule has 0 spiro atoms. The van der Waals surface area contributed by atoms with Gasteiger partial charge in [-0.3, -0.25) is 9.59 Å². The number of carbonyl (C=O) groups is 2. The first-order chi connectivity index (χ1) is 14.6. The van der Waals surface area contributed by atoms with E-state index in [2.05, 4.69) is 0 Å². The topological polar surface area (TPSA) is 49.9 Å². The quantitative estimate of drug-likeness (QED) is 0.674. The van der Waals surface area contributed by atoms with Crippen LogP contribution < -0.4 is 4.74 Å². The molecule has 2 aliphatic rings. The van der Waals surface area contributed by atoms with E-state index in [1.807, 2.05) is 89.5 Å². The molecule has 0 radical (unpaired) electrons. The highest BCUT2D eigenvalue weighted by Gasteiger charge is 2.59. The minimum atomic E-state index is -0.959. The van der Waals surface area contributed by atoms with Gasteiger partial charge in [-0.2, -0.15) is 0 Å². The summed E-state index contributed by atoms with van der Waals surface area (Å²) in [6.07, 6.45) is 0. The molecule has 0 N–H and O–H groups in total. The summed E-state index contributed by atoms with van der Waals surface area (Å²) in [6, 6.07) is 22.8. The predicted molar refractivity (Wildman–Crippen MR) is 113 cm³/mol. The van der Waals surface area contributed by atoms with Crippen molar-refractivity contribution in [3.8, 4) is 5.75 Å². The molecule has 3 aromatic carbocycles. The van der Waals surface area contributed by atoms with Gasteiger partial charge in [0, 0.05) is 35.3 Å². The lowest BCUT2D eigenvalue weighted by Crippen LogP contribution is -2.51. The number of benzene rings is 3. The van der Waals surface area contributed by atoms with E-state index in [1.54, 1.807) is 7.11 Å². The van der Waals surface area contributed by atoms with E-state index in [0.29, 0.717) is 24.2 Å². The van der Waals surface area contributed by atoms with Gasteiger partial charge in [-0.25, -0.2) is 0 Å². The fourth-order valence-electron chi connectivity index (χ4n) is 4.82. The van der Waals surface area contributed by atoms with Crippen molar-refractivity contribution in [3.05, 3.63) is 101 Å². The lowest BCUT2D eigenvalue weighted by Gasteiger charge is -2.40. The summed E-state index contributed by atoms with van der Waals surface area (Å²) in [5.74, 6) is 0.617. The van der Waals surface area contributed by atoms with E-state index in [9.17, 15) is 9.59 Å². The number of rotatable bonds is 3. The van der Waals surface area contributed by atoms with Gasteiger partial charge in [0.25, 0.3) is 11.8 Å². The Morgan fingerprint density at radius 3 is 2.37 bits per heavy atom. The van der Waals surface area contributed by atoms with Crippen LogP contribution in [0.1, 0.15) is 37.4 Å². The SMILES string of the molecule is COc1ccc(C23c4ccccc4C(=O)N2CCN3C(=O)c2ccccc2C)cc1. The number of hydrogen-bond donors (Lipinski definition) is 0. The van der Waals surface area contributed by atoms with Gasteiger partial charge in [0.2, 0.25) is 0 Å². The Morgan fingerprint density at radius 2 is 1.63 bits per heavy atom. The Labute approximate surface area is 175 Å². The van der Waals surface area contributed by atoms with Gasteiger partial charge in [-0.15, -0.1) is 0 Å². The normalized spacial score (nSPS) is 19.6. The summed E-state index contributed by atoms with van der Waals surface area (Å²) in [5.41, 5.74) is 2.99. The van der Waals surface area contributed by atoms with Gasteiger partial charge in [-0.05, 0) is 36.8 Å². The van der Waals surface area contributed by atoms with Crippen LogP contribution in [0.25, 0.3) is 0 Å². The molecule has 0 saturated carbocycles. The second-order valence-corrected chi connectivity index (χ2v) is 7.67. The van der Waals surface area contributed by atoms with Crippen molar-refractivity contribution >= 4 is 11.8 Å². The lowest BCUT2D eigenvalue weighted by atomic mass is 9.89. The first-order valence-corrected chi connectivity index (χ1v) is 10.0. The number of methoxy groups -OCH3 is 1. The predicted octanol–water partition coefficient (Wildman–Crippen LogP) is 3.82. The molecular formula is C25H22N2O3. The summed E-state index contributed by atoms with van der Waals surface area (Å²) >= 11 is 0. The molecule has 1 unspecified atom stereocenters. The maximum absolute atomic E-state index is 13.8. The van der Waals surface area contributed by atoms with E-state index in [0.717, 1.165) is 22.4 Å². The van der Waals surface area contributed by atoms with Crippen LogP contribution in [0.2, 0.25) is 0 Å². The molecule has 2 heterocycles. The number of ether oxygens (including phenoxy) is 1. The van der Waals surface area contributed by atoms with Gasteiger partial charge in [-0.1, -0.05) is 48.5 Å². The third kappa shape index (κ3) is 2.35. The van der Waals surface area contributed by atoms with Gasteiger partial charge >= 0.3 is 0 Å². The highest BCUT2D eigenvalue weighted by Crippen LogP contribution is 2.50. The van der Waals surface area contributed by atoms with Crippen molar-refractivity contribution in [1.82, 2.24) is 9.80 Å². The highest BCUT2D eigenvalue weighted by atomic mass is 16.5. The van der Waals surface area contributed by atoms with E-state index < -0.39 is 5.66 Å². The largest absolute Gasteiger partial charge is 0.497 e. The van der Waals surface area contributed by atoms with Gasteiger partial charge in [0.15, 0.2) is 5.66 Å². The maximum Gasteiger partial charge on any atom is 0.256 e. The number of carbonyl (C=O) groups excluding carboxylic acids is 2. The van der Waals surface area contributed by atoms with Crippen LogP contribution in [0.4, 0.5) is 0 Å². The molecule has 0 aromatic heterocycles. The Balaban J connectivity index is 1.75. The van der Waals surface area contributed by atoms with Crippen molar-refractivity contribution in [2.75, 3.05) is 20.2 Å². The fourth-order valence-corrected chi connectivity index (χ4v) is 4.82. The van der Waals surface area contributed by atoms with Gasteiger partial charge in [0.05, 0.1) is 7.11 Å². The monoisotopic (exact) mass is 398 g/mol. The van der Waals surface area contributed by atoms with Crippen LogP contribution >= 0.6 is 0 Å². The molecule has 1 fully saturated rings. The Morgan fingerprint density at radius 1 is 0.933 bits per heavy atom. The minimum absolute atomic E-state index is 0.0403. The zero-order valence-electron chi connectivity index (χ0n) is 17.0. The second kappa shape index (κ2) is 6.73. The van der Waals surface area contributed by atoms with Gasteiger partial charge < -0.3 is 14.5 Å². The number of nitrogens with zero attached hydrogens (tertiary/aromatic N) is 2. The van der Waals surface area contributed by atoms with E-state index in [1.165, 1.54) is 0 Å². The summed E-state index contributed by atoms with van der Waals surface area (Å²) in [4.78, 5) is 30.8. The van der Waals surface area contributed by atoms with Crippen molar-refractivity contribution in [3.63, 3.8) is 0 Å². The molecule has 0 aliphatic carbocycles. The smallest absolute Gasteiger partial charge is 0.256 e. The summed E-state index contributed by atoms with van der Waals surface area (Å²) < 4.78 is 5.33. The van der Waals surface area contributed by atoms with Crippen LogP contribution in [0.5, 0.6) is 5.75 Å². The Kier molecular flexibility index (Phi) is 4.13. The molecule has 150 valence electrons. The van der Waals surface area contributed by atoms with E-state index in [4.69, 9.17) is 4.74 Å². The molecule has 2 amide bonds. The molecule has 5 heteroatoms. The van der Waals surface area contributed by atoms with Crippen LogP contribution in [0.3, 0.4) is 0 Å². The average Bonchev–Trinajstić information content (AvgIpc) is 3.29. The number of hydrogen-bond acceptors (Lipinski definition) is 3. The average molecular weight is 398 g/mol. The molecule has 5 rings (SSSR count). The maximum atomic E-state index is 13.8. The van der Waals surface area contributed by atoms with Crippen molar-refractivity contribution < 1.29 is 14.3 Å². The van der Waals surface area contributed by atoms with Crippen LogP contribution in [-0.2, 0) is 5.66 Å². The molecule has 3 aromatic rings. The van der Waals surface area contributed by atoms with Crippen LogP contribution in [-0.4, -0.2) is 41.8 Å². The van der Waals surface area contributed by atoms with Crippen molar-refractivity contribution in [2.24, 2.45) is 0 Å². The van der Waals surface area contributed by atoms with Crippen LogP contribution in [0.15, 0.2) is 72.8 Å². The molecular weight excluding hydrogens is 376 g/mol. The summed E-state index contributed by atoms with van der Waals surface area (Å²) in [5, 5.41) is 0. The Bertz CT molecular complexity index is 1160. The lowest BCUT2D eigenvalue weighted by molar-refractivity contribution is 0.0374. The fraction of sp³-hybridized carbons (Fsp3) is 0.200. The molecule has 30 heavy (non-hydrogen) atoms. The second-order valence-electron chi connectivity index (χ2n) is 7.67. The molecule has 1 atom stereocenters. The van der Waals surface area contributed by atoms with E-state index >= 15 is 0 Å². The molecule has 5 nitrogen and oxygen atoms in total. The Hall–Kier alpha value is -3.60. The van der Waals surface area contributed by atoms with Crippen molar-refractivity contribution in [1.29, 1.82) is 0 Å². The van der Waals surface area contributed by atoms with Crippen LogP contribution in [0, 0.1) is 6.92 Å². The number of amides is 2. The first kappa shape index (κ1) is 18.4. The number of aryl methyl sites for hydroxylation is 1. The highest BCUT2D eigenvalue weighted by molar-refractivity contribution is 6.04. The van der Waals surface area contributed by atoms with Crippen molar-refractivity contribution in [2.45, 2.75) is 12.6 Å². The minimum Gasteiger partial charge on any atom is -0.497 e. The zero-order valence-corrected chi connectivity index (χ0v) is 17.0. The number of fused-ring (bicyclic) bond motifs is 3. The molecule has 1 saturated heterocycles. The molecule has 0 bridgehead atoms.